The number of aromatic amines is 1. The second-order valence-electron chi connectivity index (χ2n) is 9.91. The minimum atomic E-state index is -2.58. The van der Waals surface area contributed by atoms with Gasteiger partial charge in [-0.25, -0.2) is 8.78 Å². The average molecular weight is 485 g/mol. The van der Waals surface area contributed by atoms with E-state index in [9.17, 15) is 13.6 Å². The van der Waals surface area contributed by atoms with E-state index < -0.39 is 5.92 Å². The van der Waals surface area contributed by atoms with Crippen LogP contribution in [0.15, 0.2) is 36.5 Å². The number of aromatic nitrogens is 1. The molecule has 0 amide bonds. The van der Waals surface area contributed by atoms with Gasteiger partial charge in [-0.15, -0.1) is 0 Å². The van der Waals surface area contributed by atoms with E-state index in [1.807, 2.05) is 31.3 Å². The fraction of sp³-hybridized carbons (Fsp3) is 0.444. The molecule has 35 heavy (non-hydrogen) atoms. The van der Waals surface area contributed by atoms with E-state index in [0.29, 0.717) is 37.5 Å². The molecular weight excluding hydrogens is 454 g/mol. The number of carbonyl (C=O) groups is 1. The fourth-order valence-electron chi connectivity index (χ4n) is 6.09. The molecule has 2 aliphatic rings. The number of nitrogens with one attached hydrogen (secondary N) is 1. The number of piperidine rings is 1. The first-order valence-corrected chi connectivity index (χ1v) is 11.8. The summed E-state index contributed by atoms with van der Waals surface area (Å²) < 4.78 is 44.2. The molecule has 8 heteroatoms. The summed E-state index contributed by atoms with van der Waals surface area (Å²) in [5, 5.41) is 1.10. The van der Waals surface area contributed by atoms with Gasteiger partial charge in [-0.2, -0.15) is 0 Å². The van der Waals surface area contributed by atoms with Crippen LogP contribution in [-0.2, 0) is 11.3 Å². The molecule has 0 bridgehead atoms. The molecule has 2 fully saturated rings. The Morgan fingerprint density at radius 1 is 1.11 bits per heavy atom. The zero-order valence-corrected chi connectivity index (χ0v) is 20.2. The van der Waals surface area contributed by atoms with Crippen LogP contribution in [0.4, 0.5) is 8.78 Å². The molecule has 2 heterocycles. The lowest BCUT2D eigenvalue weighted by Gasteiger charge is -2.54. The zero-order chi connectivity index (χ0) is 24.8. The smallest absolute Gasteiger partial charge is 0.298 e. The Hall–Kier alpha value is -3.13. The van der Waals surface area contributed by atoms with Crippen molar-refractivity contribution in [2.24, 2.45) is 5.41 Å². The maximum atomic E-state index is 14.0. The monoisotopic (exact) mass is 484 g/mol. The quantitative estimate of drug-likeness (QED) is 0.431. The van der Waals surface area contributed by atoms with Crippen molar-refractivity contribution in [3.8, 4) is 17.2 Å². The Morgan fingerprint density at radius 2 is 1.89 bits per heavy atom. The van der Waals surface area contributed by atoms with Crippen molar-refractivity contribution in [3.05, 3.63) is 53.2 Å². The molecule has 2 aromatic carbocycles. The molecule has 1 aliphatic heterocycles. The van der Waals surface area contributed by atoms with E-state index >= 15 is 0 Å². The number of likely N-dealkylation sites (tertiary alicyclic amines) is 1. The number of hydrogen-bond acceptors (Lipinski definition) is 5. The van der Waals surface area contributed by atoms with Crippen molar-refractivity contribution in [2.45, 2.75) is 51.1 Å². The molecule has 186 valence electrons. The number of halogens is 2. The first-order valence-electron chi connectivity index (χ1n) is 11.8. The number of nitrogens with zero attached hydrogens (tertiary/aromatic N) is 1. The number of rotatable bonds is 7. The van der Waals surface area contributed by atoms with Crippen molar-refractivity contribution in [3.63, 3.8) is 0 Å². The summed E-state index contributed by atoms with van der Waals surface area (Å²) in [5.41, 5.74) is 3.83. The Morgan fingerprint density at radius 3 is 2.57 bits per heavy atom. The van der Waals surface area contributed by atoms with Gasteiger partial charge in [0.25, 0.3) is 6.47 Å². The van der Waals surface area contributed by atoms with E-state index in [4.69, 9.17) is 14.2 Å². The van der Waals surface area contributed by atoms with Crippen LogP contribution in [0.1, 0.15) is 48.4 Å². The number of H-pyrrole nitrogens is 1. The van der Waals surface area contributed by atoms with Gasteiger partial charge in [0.2, 0.25) is 5.92 Å². The summed E-state index contributed by atoms with van der Waals surface area (Å²) in [5.74, 6) is -0.998. The number of carbonyl (C=O) groups excluding carboxylic acids is 1. The molecule has 1 aromatic heterocycles. The Bertz CT molecular complexity index is 1250. The highest BCUT2D eigenvalue weighted by Crippen LogP contribution is 2.60. The molecule has 3 aromatic rings. The van der Waals surface area contributed by atoms with Gasteiger partial charge in [-0.1, -0.05) is 6.07 Å². The maximum Gasteiger partial charge on any atom is 0.298 e. The first kappa shape index (κ1) is 23.6. The summed E-state index contributed by atoms with van der Waals surface area (Å²) in [6.45, 7) is 3.72. The minimum Gasteiger partial charge on any atom is -0.496 e. The SMILES string of the molecule is COc1cc([C@@H]2CC3(CCN2Cc2c(OC)cc(C)c4[nH]ccc24)CC(F)(F)C3)ccc1OC=O. The van der Waals surface area contributed by atoms with Crippen LogP contribution in [-0.4, -0.2) is 43.0 Å². The molecule has 6 nitrogen and oxygen atoms in total. The van der Waals surface area contributed by atoms with Crippen LogP contribution in [0.2, 0.25) is 0 Å². The first-order chi connectivity index (χ1) is 16.8. The van der Waals surface area contributed by atoms with Gasteiger partial charge < -0.3 is 19.2 Å². The Balaban J connectivity index is 1.53. The summed E-state index contributed by atoms with van der Waals surface area (Å²) >= 11 is 0. The minimum absolute atomic E-state index is 0.0658. The largest absolute Gasteiger partial charge is 0.496 e. The number of fused-ring (bicyclic) bond motifs is 1. The number of hydrogen-bond donors (Lipinski definition) is 1. The lowest BCUT2D eigenvalue weighted by molar-refractivity contribution is -0.186. The van der Waals surface area contributed by atoms with E-state index in [1.54, 1.807) is 13.2 Å². The van der Waals surface area contributed by atoms with E-state index in [1.165, 1.54) is 7.11 Å². The van der Waals surface area contributed by atoms with Crippen molar-refractivity contribution < 1.29 is 27.8 Å². The molecule has 1 saturated heterocycles. The van der Waals surface area contributed by atoms with Crippen LogP contribution in [0.5, 0.6) is 17.2 Å². The number of alkyl halides is 2. The summed E-state index contributed by atoms with van der Waals surface area (Å²) in [6, 6.07) is 9.45. The van der Waals surface area contributed by atoms with Gasteiger partial charge in [0.05, 0.1) is 14.2 Å². The number of aryl methyl sites for hydroxylation is 1. The molecule has 5 rings (SSSR count). The van der Waals surface area contributed by atoms with Crippen molar-refractivity contribution in [1.82, 2.24) is 9.88 Å². The van der Waals surface area contributed by atoms with E-state index in [-0.39, 0.29) is 24.3 Å². The molecule has 0 unspecified atom stereocenters. The van der Waals surface area contributed by atoms with Crippen molar-refractivity contribution >= 4 is 17.4 Å². The number of ether oxygens (including phenoxy) is 3. The van der Waals surface area contributed by atoms with Crippen LogP contribution in [0.25, 0.3) is 10.9 Å². The second-order valence-corrected chi connectivity index (χ2v) is 9.91. The van der Waals surface area contributed by atoms with Crippen molar-refractivity contribution in [2.75, 3.05) is 20.8 Å². The van der Waals surface area contributed by atoms with Gasteiger partial charge in [0.1, 0.15) is 5.75 Å². The third-order valence-electron chi connectivity index (χ3n) is 7.70. The van der Waals surface area contributed by atoms with Crippen LogP contribution >= 0.6 is 0 Å². The van der Waals surface area contributed by atoms with Gasteiger partial charge in [0, 0.05) is 48.1 Å². The predicted octanol–water partition coefficient (Wildman–Crippen LogP) is 5.78. The summed E-state index contributed by atoms with van der Waals surface area (Å²) in [7, 11) is 3.19. The van der Waals surface area contributed by atoms with E-state index in [2.05, 4.69) is 16.0 Å². The zero-order valence-electron chi connectivity index (χ0n) is 20.2. The van der Waals surface area contributed by atoms with Crippen molar-refractivity contribution in [1.29, 1.82) is 0 Å². The van der Waals surface area contributed by atoms with Crippen LogP contribution in [0, 0.1) is 12.3 Å². The van der Waals surface area contributed by atoms with Crippen LogP contribution < -0.4 is 14.2 Å². The average Bonchev–Trinajstić information content (AvgIpc) is 3.31. The van der Waals surface area contributed by atoms with Gasteiger partial charge in [0.15, 0.2) is 11.5 Å². The van der Waals surface area contributed by atoms with E-state index in [0.717, 1.165) is 39.8 Å². The molecule has 1 atom stereocenters. The molecule has 1 N–H and O–H groups in total. The van der Waals surface area contributed by atoms with Gasteiger partial charge in [-0.3, -0.25) is 9.69 Å². The normalized spacial score (nSPS) is 21.0. The number of methoxy groups -OCH3 is 2. The maximum absolute atomic E-state index is 14.0. The molecule has 0 radical (unpaired) electrons. The standard InChI is InChI=1S/C27H30F2N2O4/c1-17-10-23(33-2)20(19-6-8-30-25(17)19)13-31-9-7-26(14-27(28,29)15-26)12-21(31)18-4-5-22(35-16-32)24(11-18)34-3/h4-6,8,10-11,16,21,30H,7,9,12-15H2,1-3H3/t21-/m0/s1. The topological polar surface area (TPSA) is 63.8 Å². The second kappa shape index (κ2) is 8.82. The molecule has 1 spiro atoms. The lowest BCUT2D eigenvalue weighted by Crippen LogP contribution is -2.53. The van der Waals surface area contributed by atoms with Crippen LogP contribution in [0.3, 0.4) is 0 Å². The Kier molecular flexibility index (Phi) is 5.95. The number of benzene rings is 2. The van der Waals surface area contributed by atoms with Gasteiger partial charge >= 0.3 is 0 Å². The summed E-state index contributed by atoms with van der Waals surface area (Å²) in [6.07, 6.45) is 3.15. The highest BCUT2D eigenvalue weighted by molar-refractivity contribution is 5.88. The van der Waals surface area contributed by atoms with Gasteiger partial charge in [-0.05, 0) is 67.1 Å². The molecule has 1 saturated carbocycles. The summed E-state index contributed by atoms with van der Waals surface area (Å²) in [4.78, 5) is 16.5. The fourth-order valence-corrected chi connectivity index (χ4v) is 6.09. The lowest BCUT2D eigenvalue weighted by atomic mass is 9.59. The predicted molar refractivity (Wildman–Crippen MR) is 128 cm³/mol. The molecule has 1 aliphatic carbocycles. The highest BCUT2D eigenvalue weighted by atomic mass is 19.3. The third-order valence-corrected chi connectivity index (χ3v) is 7.70. The molecular formula is C27H30F2N2O4. The Labute approximate surface area is 203 Å². The third kappa shape index (κ3) is 4.24. The highest BCUT2D eigenvalue weighted by Gasteiger charge is 2.58.